The lowest BCUT2D eigenvalue weighted by Gasteiger charge is -2.05. The number of benzene rings is 1. The highest BCUT2D eigenvalue weighted by Gasteiger charge is 2.14. The van der Waals surface area contributed by atoms with Crippen LogP contribution in [-0.4, -0.2) is 5.91 Å². The van der Waals surface area contributed by atoms with Crippen molar-refractivity contribution in [2.45, 2.75) is 6.92 Å². The van der Waals surface area contributed by atoms with Crippen LogP contribution in [-0.2, 0) is 0 Å². The number of hydrogen-bond donors (Lipinski definition) is 1. The number of carbonyl (C=O) groups is 1. The topological polar surface area (TPSA) is 29.1 Å². The van der Waals surface area contributed by atoms with E-state index in [1.54, 1.807) is 18.2 Å². The Morgan fingerprint density at radius 3 is 2.67 bits per heavy atom. The van der Waals surface area contributed by atoms with E-state index in [2.05, 4.69) is 21.2 Å². The van der Waals surface area contributed by atoms with Crippen molar-refractivity contribution >= 4 is 62.1 Å². The second-order valence-electron chi connectivity index (χ2n) is 3.64. The van der Waals surface area contributed by atoms with Crippen molar-refractivity contribution in [3.63, 3.8) is 0 Å². The molecule has 0 saturated heterocycles. The number of carbonyl (C=O) groups excluding carboxylic acids is 1. The molecule has 2 rings (SSSR count). The first-order valence-electron chi connectivity index (χ1n) is 4.99. The van der Waals surface area contributed by atoms with Gasteiger partial charge in [-0.2, -0.15) is 0 Å². The van der Waals surface area contributed by atoms with Crippen molar-refractivity contribution in [3.05, 3.63) is 48.5 Å². The van der Waals surface area contributed by atoms with Crippen molar-refractivity contribution in [1.82, 2.24) is 0 Å². The summed E-state index contributed by atoms with van der Waals surface area (Å²) in [6.45, 7) is 1.87. The maximum atomic E-state index is 12.0. The molecular formula is C12H8BrCl2NOS. The fraction of sp³-hybridized carbons (Fsp3) is 0.0833. The Balaban J connectivity index is 2.21. The molecule has 1 aromatic heterocycles. The van der Waals surface area contributed by atoms with E-state index in [4.69, 9.17) is 23.2 Å². The first kappa shape index (κ1) is 13.9. The average molecular weight is 365 g/mol. The first-order valence-corrected chi connectivity index (χ1v) is 7.42. The van der Waals surface area contributed by atoms with Crippen LogP contribution in [0.3, 0.4) is 0 Å². The molecule has 0 bridgehead atoms. The van der Waals surface area contributed by atoms with Crippen molar-refractivity contribution < 1.29 is 4.79 Å². The molecular weight excluding hydrogens is 357 g/mol. The fourth-order valence-electron chi connectivity index (χ4n) is 1.34. The standard InChI is InChI=1S/C12H8BrCl2NOS/c1-6-5-18-11(10(6)15)12(17)16-7-2-3-8(13)9(14)4-7/h2-5H,1H3,(H,16,17). The lowest BCUT2D eigenvalue weighted by molar-refractivity contribution is 0.103. The number of thiophene rings is 1. The van der Waals surface area contributed by atoms with Gasteiger partial charge < -0.3 is 5.32 Å². The zero-order valence-corrected chi connectivity index (χ0v) is 13.2. The predicted octanol–water partition coefficient (Wildman–Crippen LogP) is 5.38. The largest absolute Gasteiger partial charge is 0.321 e. The van der Waals surface area contributed by atoms with Gasteiger partial charge in [-0.25, -0.2) is 0 Å². The van der Waals surface area contributed by atoms with Crippen LogP contribution in [0.2, 0.25) is 10.0 Å². The molecule has 94 valence electrons. The van der Waals surface area contributed by atoms with E-state index in [0.717, 1.165) is 10.0 Å². The molecule has 1 aromatic carbocycles. The monoisotopic (exact) mass is 363 g/mol. The Morgan fingerprint density at radius 1 is 1.39 bits per heavy atom. The molecule has 18 heavy (non-hydrogen) atoms. The molecule has 0 aliphatic rings. The molecule has 1 N–H and O–H groups in total. The SMILES string of the molecule is Cc1csc(C(=O)Nc2ccc(Br)c(Cl)c2)c1Cl. The summed E-state index contributed by atoms with van der Waals surface area (Å²) in [5.41, 5.74) is 1.54. The summed E-state index contributed by atoms with van der Waals surface area (Å²) in [7, 11) is 0. The van der Waals surface area contributed by atoms with Gasteiger partial charge in [0.2, 0.25) is 0 Å². The van der Waals surface area contributed by atoms with Gasteiger partial charge in [0.25, 0.3) is 5.91 Å². The van der Waals surface area contributed by atoms with Crippen LogP contribution in [0.15, 0.2) is 28.1 Å². The molecule has 0 saturated carbocycles. The van der Waals surface area contributed by atoms with Crippen LogP contribution in [0.25, 0.3) is 0 Å². The molecule has 2 nitrogen and oxygen atoms in total. The summed E-state index contributed by atoms with van der Waals surface area (Å²) in [6.07, 6.45) is 0. The smallest absolute Gasteiger partial charge is 0.267 e. The number of halogens is 3. The van der Waals surface area contributed by atoms with E-state index in [1.165, 1.54) is 11.3 Å². The molecule has 2 aromatic rings. The third kappa shape index (κ3) is 2.88. The molecule has 0 aliphatic carbocycles. The van der Waals surface area contributed by atoms with Gasteiger partial charge in [-0.3, -0.25) is 4.79 Å². The maximum Gasteiger partial charge on any atom is 0.267 e. The number of anilines is 1. The van der Waals surface area contributed by atoms with Gasteiger partial charge in [-0.1, -0.05) is 23.2 Å². The summed E-state index contributed by atoms with van der Waals surface area (Å²) < 4.78 is 0.784. The number of aryl methyl sites for hydroxylation is 1. The van der Waals surface area contributed by atoms with E-state index in [9.17, 15) is 4.79 Å². The van der Waals surface area contributed by atoms with Crippen molar-refractivity contribution in [3.8, 4) is 0 Å². The highest BCUT2D eigenvalue weighted by Crippen LogP contribution is 2.29. The van der Waals surface area contributed by atoms with Gasteiger partial charge in [0.1, 0.15) is 4.88 Å². The molecule has 0 radical (unpaired) electrons. The Labute approximate surface area is 127 Å². The highest BCUT2D eigenvalue weighted by molar-refractivity contribution is 9.10. The van der Waals surface area contributed by atoms with Gasteiger partial charge in [0.15, 0.2) is 0 Å². The minimum atomic E-state index is -0.225. The van der Waals surface area contributed by atoms with Gasteiger partial charge >= 0.3 is 0 Å². The van der Waals surface area contributed by atoms with E-state index in [-0.39, 0.29) is 5.91 Å². The minimum absolute atomic E-state index is 0.225. The first-order chi connectivity index (χ1) is 8.49. The minimum Gasteiger partial charge on any atom is -0.321 e. The van der Waals surface area contributed by atoms with Gasteiger partial charge in [-0.05, 0) is 52.0 Å². The fourth-order valence-corrected chi connectivity index (χ4v) is 2.95. The number of nitrogens with one attached hydrogen (secondary N) is 1. The molecule has 1 amide bonds. The lowest BCUT2D eigenvalue weighted by Crippen LogP contribution is -2.10. The van der Waals surface area contributed by atoms with E-state index < -0.39 is 0 Å². The summed E-state index contributed by atoms with van der Waals surface area (Å²) in [6, 6.07) is 5.22. The summed E-state index contributed by atoms with van der Waals surface area (Å²) in [5.74, 6) is -0.225. The average Bonchev–Trinajstić information content (AvgIpc) is 2.65. The van der Waals surface area contributed by atoms with Crippen LogP contribution in [0.4, 0.5) is 5.69 Å². The number of hydrogen-bond acceptors (Lipinski definition) is 2. The van der Waals surface area contributed by atoms with Crippen LogP contribution >= 0.6 is 50.5 Å². The van der Waals surface area contributed by atoms with Crippen LogP contribution in [0.5, 0.6) is 0 Å². The normalized spacial score (nSPS) is 10.4. The van der Waals surface area contributed by atoms with E-state index in [0.29, 0.717) is 20.6 Å². The summed E-state index contributed by atoms with van der Waals surface area (Å²) in [5, 5.41) is 5.66. The Kier molecular flexibility index (Phi) is 4.33. The Morgan fingerprint density at radius 2 is 2.11 bits per heavy atom. The molecule has 0 aliphatic heterocycles. The summed E-state index contributed by atoms with van der Waals surface area (Å²) in [4.78, 5) is 12.5. The molecule has 0 unspecified atom stereocenters. The second-order valence-corrected chi connectivity index (χ2v) is 6.16. The van der Waals surface area contributed by atoms with Gasteiger partial charge in [-0.15, -0.1) is 11.3 Å². The molecule has 1 heterocycles. The molecule has 6 heteroatoms. The van der Waals surface area contributed by atoms with Crippen molar-refractivity contribution in [2.75, 3.05) is 5.32 Å². The van der Waals surface area contributed by atoms with E-state index >= 15 is 0 Å². The quantitative estimate of drug-likeness (QED) is 0.761. The van der Waals surface area contributed by atoms with Crippen LogP contribution in [0.1, 0.15) is 15.2 Å². The molecule has 0 spiro atoms. The number of rotatable bonds is 2. The summed E-state index contributed by atoms with van der Waals surface area (Å²) >= 11 is 16.6. The van der Waals surface area contributed by atoms with Crippen molar-refractivity contribution in [2.24, 2.45) is 0 Å². The highest BCUT2D eigenvalue weighted by atomic mass is 79.9. The zero-order chi connectivity index (χ0) is 13.3. The van der Waals surface area contributed by atoms with E-state index in [1.807, 2.05) is 12.3 Å². The van der Waals surface area contributed by atoms with Gasteiger partial charge in [0.05, 0.1) is 10.0 Å². The third-order valence-electron chi connectivity index (χ3n) is 2.28. The van der Waals surface area contributed by atoms with Gasteiger partial charge in [0, 0.05) is 10.2 Å². The second kappa shape index (κ2) is 5.61. The molecule has 0 fully saturated rings. The lowest BCUT2D eigenvalue weighted by atomic mass is 10.3. The third-order valence-corrected chi connectivity index (χ3v) is 5.21. The molecule has 0 atom stereocenters. The zero-order valence-electron chi connectivity index (χ0n) is 9.26. The Bertz CT molecular complexity index is 612. The van der Waals surface area contributed by atoms with Crippen LogP contribution < -0.4 is 5.32 Å². The van der Waals surface area contributed by atoms with Crippen molar-refractivity contribution in [1.29, 1.82) is 0 Å². The Hall–Kier alpha value is -0.550. The maximum absolute atomic E-state index is 12.0. The predicted molar refractivity (Wildman–Crippen MR) is 81.2 cm³/mol. The number of amides is 1. The van der Waals surface area contributed by atoms with Crippen LogP contribution in [0, 0.1) is 6.92 Å².